The van der Waals surface area contributed by atoms with Crippen LogP contribution in [0.3, 0.4) is 0 Å². The Morgan fingerprint density at radius 1 is 1.33 bits per heavy atom. The van der Waals surface area contributed by atoms with Gasteiger partial charge in [0.1, 0.15) is 0 Å². The molecule has 0 aliphatic carbocycles. The van der Waals surface area contributed by atoms with E-state index in [4.69, 9.17) is 14.6 Å². The summed E-state index contributed by atoms with van der Waals surface area (Å²) >= 11 is 0. The van der Waals surface area contributed by atoms with Crippen molar-refractivity contribution in [1.82, 2.24) is 10.6 Å². The summed E-state index contributed by atoms with van der Waals surface area (Å²) in [6.45, 7) is 2.34. The number of rotatable bonds is 6. The van der Waals surface area contributed by atoms with Crippen molar-refractivity contribution in [3.05, 3.63) is 23.8 Å². The Labute approximate surface area is 122 Å². The maximum atomic E-state index is 11.7. The van der Waals surface area contributed by atoms with Crippen molar-refractivity contribution in [3.63, 3.8) is 0 Å². The molecule has 1 atom stereocenters. The van der Waals surface area contributed by atoms with Gasteiger partial charge in [-0.15, -0.1) is 0 Å². The second kappa shape index (κ2) is 6.83. The highest BCUT2D eigenvalue weighted by molar-refractivity contribution is 5.74. The van der Waals surface area contributed by atoms with Gasteiger partial charge in [-0.25, -0.2) is 4.79 Å². The fraction of sp³-hybridized carbons (Fsp3) is 0.429. The molecule has 114 valence electrons. The molecule has 1 aromatic carbocycles. The van der Waals surface area contributed by atoms with Crippen LogP contribution in [0.4, 0.5) is 4.79 Å². The number of fused-ring (bicyclic) bond motifs is 1. The average molecular weight is 294 g/mol. The van der Waals surface area contributed by atoms with Crippen molar-refractivity contribution in [2.45, 2.75) is 32.4 Å². The molecule has 1 aromatic rings. The Hall–Kier alpha value is -2.44. The number of carboxylic acids is 1. The zero-order chi connectivity index (χ0) is 15.2. The minimum atomic E-state index is -0.871. The number of carbonyl (C=O) groups excluding carboxylic acids is 1. The Balaban J connectivity index is 1.75. The van der Waals surface area contributed by atoms with E-state index in [2.05, 4.69) is 10.6 Å². The van der Waals surface area contributed by atoms with E-state index in [1.807, 2.05) is 12.1 Å². The van der Waals surface area contributed by atoms with E-state index in [0.717, 1.165) is 5.56 Å². The highest BCUT2D eigenvalue weighted by Gasteiger charge is 2.14. The standard InChI is InChI=1S/C14H18N2O5/c1-9(2-5-13(17)18)16-14(19)15-7-10-3-4-11-12(6-10)21-8-20-11/h3-4,6,9H,2,5,7-8H2,1H3,(H,17,18)(H2,15,16,19). The summed E-state index contributed by atoms with van der Waals surface area (Å²) < 4.78 is 10.5. The number of carbonyl (C=O) groups is 2. The van der Waals surface area contributed by atoms with E-state index in [1.165, 1.54) is 0 Å². The van der Waals surface area contributed by atoms with E-state index in [0.29, 0.717) is 24.5 Å². The second-order valence-corrected chi connectivity index (χ2v) is 4.85. The van der Waals surface area contributed by atoms with Crippen molar-refractivity contribution < 1.29 is 24.2 Å². The van der Waals surface area contributed by atoms with Gasteiger partial charge in [0, 0.05) is 19.0 Å². The maximum absolute atomic E-state index is 11.7. The maximum Gasteiger partial charge on any atom is 0.315 e. The van der Waals surface area contributed by atoms with Gasteiger partial charge in [0.15, 0.2) is 11.5 Å². The van der Waals surface area contributed by atoms with Crippen LogP contribution >= 0.6 is 0 Å². The van der Waals surface area contributed by atoms with Crippen molar-refractivity contribution in [3.8, 4) is 11.5 Å². The fourth-order valence-corrected chi connectivity index (χ4v) is 1.92. The molecular weight excluding hydrogens is 276 g/mol. The molecule has 2 rings (SSSR count). The number of hydrogen-bond acceptors (Lipinski definition) is 4. The van der Waals surface area contributed by atoms with Gasteiger partial charge in [-0.1, -0.05) is 6.07 Å². The molecule has 0 spiro atoms. The fourth-order valence-electron chi connectivity index (χ4n) is 1.92. The molecule has 21 heavy (non-hydrogen) atoms. The van der Waals surface area contributed by atoms with Crippen LogP contribution in [0, 0.1) is 0 Å². The van der Waals surface area contributed by atoms with Crippen molar-refractivity contribution in [2.75, 3.05) is 6.79 Å². The largest absolute Gasteiger partial charge is 0.481 e. The predicted molar refractivity (Wildman–Crippen MR) is 74.3 cm³/mol. The first-order valence-electron chi connectivity index (χ1n) is 6.69. The number of ether oxygens (including phenoxy) is 2. The van der Waals surface area contributed by atoms with Crippen LogP contribution in [0.25, 0.3) is 0 Å². The van der Waals surface area contributed by atoms with E-state index in [9.17, 15) is 9.59 Å². The summed E-state index contributed by atoms with van der Waals surface area (Å²) in [6, 6.07) is 4.94. The molecule has 1 heterocycles. The van der Waals surface area contributed by atoms with E-state index in [1.54, 1.807) is 13.0 Å². The third kappa shape index (κ3) is 4.55. The third-order valence-corrected chi connectivity index (χ3v) is 3.06. The number of benzene rings is 1. The van der Waals surface area contributed by atoms with Crippen LogP contribution in [-0.4, -0.2) is 29.9 Å². The molecule has 0 fully saturated rings. The zero-order valence-corrected chi connectivity index (χ0v) is 11.7. The first kappa shape index (κ1) is 15.0. The lowest BCUT2D eigenvalue weighted by molar-refractivity contribution is -0.137. The van der Waals surface area contributed by atoms with Crippen LogP contribution in [0.2, 0.25) is 0 Å². The average Bonchev–Trinajstić information content (AvgIpc) is 2.90. The molecule has 1 aliphatic rings. The highest BCUT2D eigenvalue weighted by atomic mass is 16.7. The minimum absolute atomic E-state index is 0.0314. The number of carboxylic acid groups (broad SMARTS) is 1. The smallest absolute Gasteiger partial charge is 0.315 e. The number of amides is 2. The molecule has 0 bridgehead atoms. The molecule has 0 aromatic heterocycles. The normalized spacial score (nSPS) is 13.6. The van der Waals surface area contributed by atoms with Crippen molar-refractivity contribution in [1.29, 1.82) is 0 Å². The first-order chi connectivity index (χ1) is 10.0. The van der Waals surface area contributed by atoms with Gasteiger partial charge in [-0.2, -0.15) is 0 Å². The third-order valence-electron chi connectivity index (χ3n) is 3.06. The second-order valence-electron chi connectivity index (χ2n) is 4.85. The molecular formula is C14H18N2O5. The summed E-state index contributed by atoms with van der Waals surface area (Å²) in [5.74, 6) is 0.499. The van der Waals surface area contributed by atoms with Gasteiger partial charge in [0.2, 0.25) is 6.79 Å². The minimum Gasteiger partial charge on any atom is -0.481 e. The highest BCUT2D eigenvalue weighted by Crippen LogP contribution is 2.32. The predicted octanol–water partition coefficient (Wildman–Crippen LogP) is 1.47. The summed E-state index contributed by atoms with van der Waals surface area (Å²) in [5.41, 5.74) is 0.896. The van der Waals surface area contributed by atoms with Crippen LogP contribution in [0.1, 0.15) is 25.3 Å². The van der Waals surface area contributed by atoms with Crippen LogP contribution in [-0.2, 0) is 11.3 Å². The lowest BCUT2D eigenvalue weighted by atomic mass is 10.2. The first-order valence-corrected chi connectivity index (χ1v) is 6.69. The van der Waals surface area contributed by atoms with Gasteiger partial charge >= 0.3 is 12.0 Å². The SMILES string of the molecule is CC(CCC(=O)O)NC(=O)NCc1ccc2c(c1)OCO2. The number of nitrogens with one attached hydrogen (secondary N) is 2. The Morgan fingerprint density at radius 2 is 2.10 bits per heavy atom. The molecule has 0 saturated carbocycles. The lowest BCUT2D eigenvalue weighted by Crippen LogP contribution is -2.40. The van der Waals surface area contributed by atoms with Gasteiger partial charge in [0.05, 0.1) is 0 Å². The van der Waals surface area contributed by atoms with Gasteiger partial charge in [0.25, 0.3) is 0 Å². The molecule has 2 amide bonds. The monoisotopic (exact) mass is 294 g/mol. The molecule has 3 N–H and O–H groups in total. The Morgan fingerprint density at radius 3 is 2.86 bits per heavy atom. The van der Waals surface area contributed by atoms with Crippen molar-refractivity contribution in [2.24, 2.45) is 0 Å². The summed E-state index contributed by atoms with van der Waals surface area (Å²) in [6.07, 6.45) is 0.427. The van der Waals surface area contributed by atoms with Crippen molar-refractivity contribution >= 4 is 12.0 Å². The van der Waals surface area contributed by atoms with Crippen LogP contribution in [0.15, 0.2) is 18.2 Å². The summed E-state index contributed by atoms with van der Waals surface area (Å²) in [4.78, 5) is 22.1. The number of hydrogen-bond donors (Lipinski definition) is 3. The summed E-state index contributed by atoms with van der Waals surface area (Å²) in [7, 11) is 0. The number of urea groups is 1. The van der Waals surface area contributed by atoms with E-state index >= 15 is 0 Å². The lowest BCUT2D eigenvalue weighted by Gasteiger charge is -2.13. The van der Waals surface area contributed by atoms with Gasteiger partial charge in [-0.05, 0) is 31.0 Å². The quantitative estimate of drug-likeness (QED) is 0.738. The molecule has 0 radical (unpaired) electrons. The zero-order valence-electron chi connectivity index (χ0n) is 11.7. The number of aliphatic carboxylic acids is 1. The van der Waals surface area contributed by atoms with E-state index < -0.39 is 5.97 Å². The molecule has 1 unspecified atom stereocenters. The van der Waals surface area contributed by atoms with Crippen LogP contribution < -0.4 is 20.1 Å². The molecule has 1 aliphatic heterocycles. The topological polar surface area (TPSA) is 96.9 Å². The summed E-state index contributed by atoms with van der Waals surface area (Å²) in [5, 5.41) is 14.0. The van der Waals surface area contributed by atoms with Gasteiger partial charge < -0.3 is 25.2 Å². The van der Waals surface area contributed by atoms with E-state index in [-0.39, 0.29) is 25.3 Å². The molecule has 7 nitrogen and oxygen atoms in total. The Kier molecular flexibility index (Phi) is 4.86. The molecule has 7 heteroatoms. The van der Waals surface area contributed by atoms with Crippen LogP contribution in [0.5, 0.6) is 11.5 Å². The molecule has 0 saturated heterocycles. The van der Waals surface area contributed by atoms with Gasteiger partial charge in [-0.3, -0.25) is 4.79 Å². The Bertz CT molecular complexity index is 532.